The van der Waals surface area contributed by atoms with Crippen molar-refractivity contribution < 1.29 is 20.1 Å². The van der Waals surface area contributed by atoms with Crippen LogP contribution in [0.5, 0.6) is 0 Å². The normalized spacial score (nSPS) is 33.3. The lowest BCUT2D eigenvalue weighted by Crippen LogP contribution is -2.82. The fraction of sp³-hybridized carbons (Fsp3) is 0.545. The number of aliphatic hydroxyl groups is 3. The van der Waals surface area contributed by atoms with E-state index in [1.807, 2.05) is 62.2 Å². The predicted octanol–water partition coefficient (Wildman–Crippen LogP) is 6.03. The lowest BCUT2D eigenvalue weighted by Gasteiger charge is -2.82. The summed E-state index contributed by atoms with van der Waals surface area (Å²) in [7, 11) is 3.04. The number of rotatable bonds is 13. The first-order valence-electron chi connectivity index (χ1n) is 20.4. The van der Waals surface area contributed by atoms with Crippen LogP contribution in [-0.2, 0) is 4.74 Å². The number of amidine groups is 2. The van der Waals surface area contributed by atoms with Gasteiger partial charge in [0.1, 0.15) is 23.8 Å². The highest BCUT2D eigenvalue weighted by atomic mass is 32.1. The lowest BCUT2D eigenvalue weighted by molar-refractivity contribution is -0.397. The van der Waals surface area contributed by atoms with Crippen LogP contribution in [0.4, 0.5) is 5.13 Å². The van der Waals surface area contributed by atoms with Crippen LogP contribution in [0, 0.1) is 27.1 Å². The molecule has 0 amide bonds. The molecule has 312 valence electrons. The summed E-state index contributed by atoms with van der Waals surface area (Å²) in [5.74, 6) is 1.38. The number of nitrogens with two attached hydrogens (primary N) is 2. The molecule has 2 atom stereocenters. The maximum absolute atomic E-state index is 10.5. The number of dihydropyridines is 1. The zero-order valence-electron chi connectivity index (χ0n) is 34.9. The van der Waals surface area contributed by atoms with Gasteiger partial charge in [-0.1, -0.05) is 37.3 Å². The van der Waals surface area contributed by atoms with Crippen LogP contribution in [0.1, 0.15) is 72.6 Å². The third-order valence-electron chi connectivity index (χ3n) is 14.3. The van der Waals surface area contributed by atoms with Gasteiger partial charge in [0.25, 0.3) is 0 Å². The van der Waals surface area contributed by atoms with Crippen molar-refractivity contribution in [2.45, 2.75) is 78.2 Å². The van der Waals surface area contributed by atoms with E-state index in [9.17, 15) is 15.6 Å². The number of likely N-dealkylation sites (tertiary alicyclic amines) is 1. The van der Waals surface area contributed by atoms with Gasteiger partial charge in [0.2, 0.25) is 5.13 Å². The molecular formula is C44H61N9O4S. The molecule has 58 heavy (non-hydrogen) atoms. The molecule has 2 aliphatic heterocycles. The molecule has 2 aromatic rings. The van der Waals surface area contributed by atoms with E-state index < -0.39 is 0 Å². The number of aliphatic imine (C=N–C) groups is 2. The highest BCUT2D eigenvalue weighted by Crippen LogP contribution is 2.95. The van der Waals surface area contributed by atoms with E-state index in [2.05, 4.69) is 34.0 Å². The third-order valence-corrected chi connectivity index (χ3v) is 15.2. The summed E-state index contributed by atoms with van der Waals surface area (Å²) < 4.78 is 7.84. The largest absolute Gasteiger partial charge is 0.513 e. The molecule has 1 spiro atoms. The van der Waals surface area contributed by atoms with Crippen molar-refractivity contribution in [3.8, 4) is 0 Å². The van der Waals surface area contributed by atoms with Crippen LogP contribution < -0.4 is 16.8 Å². The topological polar surface area (TPSA) is 202 Å². The number of ether oxygens (including phenoxy) is 1. The highest BCUT2D eigenvalue weighted by molar-refractivity contribution is 7.22. The van der Waals surface area contributed by atoms with Crippen molar-refractivity contribution in [1.29, 1.82) is 5.41 Å². The first kappa shape index (κ1) is 41.8. The standard InChI is InChI=1S/C43H57N9O3S.CH4O/c1-27(36(45)50-38-49-32-10-6-7-11-34(32)56-38)29-9-8-14-52(37(29)46)35-13-12-30(33(20-54)48-35)31(19-44)28(2)47-26-41-21-39(3)23-42(55-18-16-51(5)15-17-53)24-40(4,22-41)43(39,42)25-41;1-2/h6-7,10-13,19-20,46,48,53-54H,8-9,14-18,21-26,44H2,1-5H3,(H2,45,49,50);2H,1H3/b29-27-,31-19+,33-20+,46-37?,47-28?;. The number of hydrogen-bond donors (Lipinski definition) is 7. The number of allylic oxidation sites excluding steroid dienone is 3. The molecule has 0 radical (unpaired) electrons. The Bertz CT molecular complexity index is 2130. The molecule has 13 nitrogen and oxygen atoms in total. The van der Waals surface area contributed by atoms with Crippen LogP contribution >= 0.6 is 11.3 Å². The molecule has 1 saturated heterocycles. The number of fused-ring (bicyclic) bond motifs is 2. The van der Waals surface area contributed by atoms with Gasteiger partial charge in [0, 0.05) is 67.3 Å². The number of hydrogen-bond acceptors (Lipinski definition) is 12. The van der Waals surface area contributed by atoms with Crippen LogP contribution in [-0.4, -0.2) is 107 Å². The molecule has 9 N–H and O–H groups in total. The van der Waals surface area contributed by atoms with E-state index in [1.165, 1.54) is 24.2 Å². The summed E-state index contributed by atoms with van der Waals surface area (Å²) in [5.41, 5.74) is 19.0. The van der Waals surface area contributed by atoms with Crippen molar-refractivity contribution in [3.63, 3.8) is 0 Å². The van der Waals surface area contributed by atoms with Gasteiger partial charge in [-0.25, -0.2) is 9.98 Å². The van der Waals surface area contributed by atoms with Crippen molar-refractivity contribution in [2.75, 3.05) is 53.6 Å². The molecule has 3 heterocycles. The second-order valence-electron chi connectivity index (χ2n) is 17.7. The summed E-state index contributed by atoms with van der Waals surface area (Å²) in [4.78, 5) is 18.5. The molecule has 1 aromatic carbocycles. The molecule has 2 unspecified atom stereocenters. The quantitative estimate of drug-likeness (QED) is 0.0712. The number of piperidine rings is 1. The minimum atomic E-state index is -0.0311. The highest BCUT2D eigenvalue weighted by Gasteiger charge is 2.93. The fourth-order valence-corrected chi connectivity index (χ4v) is 13.3. The van der Waals surface area contributed by atoms with E-state index in [-0.39, 0.29) is 33.9 Å². The van der Waals surface area contributed by atoms with Gasteiger partial charge < -0.3 is 46.6 Å². The van der Waals surface area contributed by atoms with Crippen molar-refractivity contribution in [1.82, 2.24) is 20.1 Å². The second-order valence-corrected chi connectivity index (χ2v) is 18.7. The minimum absolute atomic E-state index is 0.0311. The maximum Gasteiger partial charge on any atom is 0.212 e. The first-order valence-corrected chi connectivity index (χ1v) is 21.2. The number of nitrogens with one attached hydrogen (secondary N) is 2. The Kier molecular flexibility index (Phi) is 11.3. The zero-order chi connectivity index (χ0) is 41.7. The van der Waals surface area contributed by atoms with Gasteiger partial charge >= 0.3 is 0 Å². The molecule has 4 aliphatic carbocycles. The first-order chi connectivity index (χ1) is 27.8. The lowest BCUT2D eigenvalue weighted by atomic mass is 9.25. The summed E-state index contributed by atoms with van der Waals surface area (Å²) in [6, 6.07) is 7.91. The van der Waals surface area contributed by atoms with E-state index >= 15 is 0 Å². The summed E-state index contributed by atoms with van der Waals surface area (Å²) in [5, 5.41) is 40.0. The van der Waals surface area contributed by atoms with Gasteiger partial charge in [0.05, 0.1) is 34.7 Å². The molecule has 6 aliphatic rings. The van der Waals surface area contributed by atoms with Gasteiger partial charge in [-0.15, -0.1) is 0 Å². The minimum Gasteiger partial charge on any atom is -0.513 e. The summed E-state index contributed by atoms with van der Waals surface area (Å²) in [6.07, 6.45) is 13.8. The van der Waals surface area contributed by atoms with Crippen LogP contribution in [0.25, 0.3) is 10.2 Å². The summed E-state index contributed by atoms with van der Waals surface area (Å²) >= 11 is 1.49. The van der Waals surface area contributed by atoms with Crippen molar-refractivity contribution in [3.05, 3.63) is 82.7 Å². The zero-order valence-corrected chi connectivity index (χ0v) is 35.7. The number of thiazole rings is 1. The predicted molar refractivity (Wildman–Crippen MR) is 233 cm³/mol. The van der Waals surface area contributed by atoms with E-state index in [1.54, 1.807) is 6.20 Å². The molecule has 4 saturated carbocycles. The maximum atomic E-state index is 10.5. The number of nitrogens with zero attached hydrogens (tertiary/aromatic N) is 5. The Morgan fingerprint density at radius 2 is 1.83 bits per heavy atom. The Morgan fingerprint density at radius 1 is 1.10 bits per heavy atom. The third kappa shape index (κ3) is 6.51. The van der Waals surface area contributed by atoms with Gasteiger partial charge in [0.15, 0.2) is 0 Å². The smallest absolute Gasteiger partial charge is 0.212 e. The Morgan fingerprint density at radius 3 is 2.50 bits per heavy atom. The summed E-state index contributed by atoms with van der Waals surface area (Å²) in [6.45, 7) is 12.6. The van der Waals surface area contributed by atoms with Gasteiger partial charge in [-0.05, 0) is 112 Å². The molecule has 14 heteroatoms. The monoisotopic (exact) mass is 811 g/mol. The van der Waals surface area contributed by atoms with Crippen molar-refractivity contribution >= 4 is 44.1 Å². The Labute approximate surface area is 346 Å². The number of aromatic nitrogens is 1. The SMILES string of the molecule is CC(=NCC12CC3(C)CC4(OCCN(C)CCO)CC(C)(C1)C34C2)/C(=C\N)C1=CC=C(N2CCC/C(=C(C)/C(N)=N\c3nc4ccccc4s3)C2=N)N/C1=C/O.CO. The van der Waals surface area contributed by atoms with E-state index in [0.29, 0.717) is 54.4 Å². The molecule has 2 bridgehead atoms. The average molecular weight is 812 g/mol. The van der Waals surface area contributed by atoms with E-state index in [4.69, 9.17) is 26.3 Å². The van der Waals surface area contributed by atoms with Gasteiger partial charge in [-0.3, -0.25) is 10.4 Å². The van der Waals surface area contributed by atoms with Gasteiger partial charge in [-0.2, -0.15) is 0 Å². The number of para-hydroxylation sites is 1. The molecule has 8 rings (SSSR count). The van der Waals surface area contributed by atoms with E-state index in [0.717, 1.165) is 90.4 Å². The van der Waals surface area contributed by atoms with Crippen LogP contribution in [0.2, 0.25) is 0 Å². The molecule has 1 aromatic heterocycles. The average Bonchev–Trinajstić information content (AvgIpc) is 3.80. The molecular weight excluding hydrogens is 751 g/mol. The number of aliphatic hydroxyl groups excluding tert-OH is 3. The Balaban J connectivity index is 0.00000252. The van der Waals surface area contributed by atoms with Crippen molar-refractivity contribution in [2.24, 2.45) is 43.1 Å². The van der Waals surface area contributed by atoms with Crippen LogP contribution in [0.15, 0.2) is 92.7 Å². The second kappa shape index (κ2) is 15.7. The molecule has 5 fully saturated rings. The Hall–Kier alpha value is -4.34. The number of benzene rings is 1. The fourth-order valence-electron chi connectivity index (χ4n) is 12.5. The number of likely N-dealkylation sites (N-methyl/N-ethyl adjacent to an activating group) is 1. The van der Waals surface area contributed by atoms with Crippen LogP contribution in [0.3, 0.4) is 0 Å².